The van der Waals surface area contributed by atoms with Gasteiger partial charge in [-0.2, -0.15) is 0 Å². The van der Waals surface area contributed by atoms with Gasteiger partial charge in [0, 0.05) is 19.3 Å². The Morgan fingerprint density at radius 2 is 1.69 bits per heavy atom. The molecule has 2 aromatic carbocycles. The van der Waals surface area contributed by atoms with E-state index in [9.17, 15) is 13.2 Å². The molecule has 5 rings (SSSR count). The Hall–Kier alpha value is -3.57. The first kappa shape index (κ1) is 24.1. The van der Waals surface area contributed by atoms with Crippen LogP contribution in [0.2, 0.25) is 0 Å². The smallest absolute Gasteiger partial charge is 0.488 e. The minimum atomic E-state index is -4.73. The molecule has 36 heavy (non-hydrogen) atoms. The average Bonchev–Trinajstić information content (AvgIpc) is 2.86. The van der Waals surface area contributed by atoms with Gasteiger partial charge in [-0.1, -0.05) is 23.8 Å². The summed E-state index contributed by atoms with van der Waals surface area (Å²) in [6, 6.07) is 12.9. The molecule has 3 aromatic rings. The standard InChI is InChI=1S/C25H26F3N5O3/c26-25(27,28)35-20-7-4-18(5-8-20)19-6-9-21-22(16-19)36-31-33(14-15-34-21)17-23-29-11-10-24(30-23)32-12-2-1-3-13-32/h4-11,16,31H,1-3,12-15,17H2. The molecule has 0 spiro atoms. The number of ether oxygens (including phenoxy) is 2. The number of anilines is 1. The Morgan fingerprint density at radius 1 is 0.917 bits per heavy atom. The Bertz CT molecular complexity index is 1170. The van der Waals surface area contributed by atoms with Crippen LogP contribution in [0.25, 0.3) is 11.1 Å². The maximum Gasteiger partial charge on any atom is 0.573 e. The van der Waals surface area contributed by atoms with E-state index in [0.717, 1.165) is 24.5 Å². The fourth-order valence-corrected chi connectivity index (χ4v) is 4.21. The van der Waals surface area contributed by atoms with Crippen molar-refractivity contribution in [3.63, 3.8) is 0 Å². The number of hydrogen-bond donors (Lipinski definition) is 1. The molecule has 1 aromatic heterocycles. The zero-order chi connectivity index (χ0) is 25.0. The van der Waals surface area contributed by atoms with Crippen LogP contribution in [0.4, 0.5) is 19.0 Å². The Kier molecular flexibility index (Phi) is 7.10. The van der Waals surface area contributed by atoms with Crippen molar-refractivity contribution in [3.05, 3.63) is 60.6 Å². The summed E-state index contributed by atoms with van der Waals surface area (Å²) in [4.78, 5) is 17.3. The van der Waals surface area contributed by atoms with Crippen molar-refractivity contribution in [1.29, 1.82) is 0 Å². The van der Waals surface area contributed by atoms with Crippen molar-refractivity contribution >= 4 is 5.82 Å². The molecule has 2 aliphatic heterocycles. The van der Waals surface area contributed by atoms with Gasteiger partial charge in [-0.25, -0.2) is 15.0 Å². The molecular weight excluding hydrogens is 475 g/mol. The van der Waals surface area contributed by atoms with Crippen molar-refractivity contribution in [1.82, 2.24) is 20.6 Å². The first-order valence-corrected chi connectivity index (χ1v) is 11.8. The number of alkyl halides is 3. The minimum absolute atomic E-state index is 0.277. The third kappa shape index (κ3) is 6.16. The van der Waals surface area contributed by atoms with Gasteiger partial charge in [0.2, 0.25) is 0 Å². The maximum atomic E-state index is 12.4. The predicted octanol–water partition coefficient (Wildman–Crippen LogP) is 4.73. The van der Waals surface area contributed by atoms with Crippen molar-refractivity contribution < 1.29 is 27.5 Å². The lowest BCUT2D eigenvalue weighted by Crippen LogP contribution is -2.43. The quantitative estimate of drug-likeness (QED) is 0.538. The summed E-state index contributed by atoms with van der Waals surface area (Å²) in [6.45, 7) is 3.39. The summed E-state index contributed by atoms with van der Waals surface area (Å²) < 4.78 is 47.1. The van der Waals surface area contributed by atoms with E-state index in [-0.39, 0.29) is 5.75 Å². The van der Waals surface area contributed by atoms with Crippen LogP contribution in [0.15, 0.2) is 54.7 Å². The molecule has 1 N–H and O–H groups in total. The second kappa shape index (κ2) is 10.6. The highest BCUT2D eigenvalue weighted by Gasteiger charge is 2.31. The number of fused-ring (bicyclic) bond motifs is 1. The Morgan fingerprint density at radius 3 is 2.47 bits per heavy atom. The van der Waals surface area contributed by atoms with E-state index in [1.807, 2.05) is 17.1 Å². The minimum Gasteiger partial charge on any atom is -0.488 e. The van der Waals surface area contributed by atoms with Crippen LogP contribution in [0, 0.1) is 0 Å². The lowest BCUT2D eigenvalue weighted by atomic mass is 10.1. The normalized spacial score (nSPS) is 16.8. The number of hydrogen-bond acceptors (Lipinski definition) is 8. The zero-order valence-corrected chi connectivity index (χ0v) is 19.5. The molecule has 3 heterocycles. The lowest BCUT2D eigenvalue weighted by molar-refractivity contribution is -0.274. The van der Waals surface area contributed by atoms with Crippen LogP contribution in [0.3, 0.4) is 0 Å². The maximum absolute atomic E-state index is 12.4. The number of aromatic nitrogens is 2. The van der Waals surface area contributed by atoms with Gasteiger partial charge in [0.25, 0.3) is 0 Å². The Balaban J connectivity index is 1.25. The van der Waals surface area contributed by atoms with E-state index < -0.39 is 6.36 Å². The van der Waals surface area contributed by atoms with Crippen LogP contribution in [0.5, 0.6) is 17.2 Å². The van der Waals surface area contributed by atoms with Crippen molar-refractivity contribution in [3.8, 4) is 28.4 Å². The number of nitrogens with one attached hydrogen (secondary N) is 1. The predicted molar refractivity (Wildman–Crippen MR) is 126 cm³/mol. The van der Waals surface area contributed by atoms with E-state index >= 15 is 0 Å². The highest BCUT2D eigenvalue weighted by atomic mass is 19.4. The molecule has 0 unspecified atom stereocenters. The topological polar surface area (TPSA) is 72.0 Å². The van der Waals surface area contributed by atoms with Crippen molar-refractivity contribution in [2.45, 2.75) is 32.2 Å². The molecule has 1 saturated heterocycles. The number of hydrazine groups is 1. The first-order valence-electron chi connectivity index (χ1n) is 11.8. The largest absolute Gasteiger partial charge is 0.573 e. The second-order valence-corrected chi connectivity index (χ2v) is 8.58. The van der Waals surface area contributed by atoms with Crippen LogP contribution in [-0.2, 0) is 6.54 Å². The van der Waals surface area contributed by atoms with Crippen LogP contribution >= 0.6 is 0 Å². The average molecular weight is 502 g/mol. The first-order chi connectivity index (χ1) is 17.4. The van der Waals surface area contributed by atoms with Gasteiger partial charge in [-0.15, -0.1) is 13.2 Å². The summed E-state index contributed by atoms with van der Waals surface area (Å²) in [6.07, 6.45) is 0.646. The molecule has 1 fully saturated rings. The molecule has 2 aliphatic rings. The van der Waals surface area contributed by atoms with Gasteiger partial charge in [0.1, 0.15) is 24.0 Å². The van der Waals surface area contributed by atoms with Crippen LogP contribution < -0.4 is 24.8 Å². The molecule has 0 amide bonds. The van der Waals surface area contributed by atoms with E-state index in [2.05, 4.69) is 20.2 Å². The van der Waals surface area contributed by atoms with Crippen LogP contribution in [0.1, 0.15) is 25.1 Å². The summed E-state index contributed by atoms with van der Waals surface area (Å²) in [5.74, 6) is 2.35. The molecule has 11 heteroatoms. The number of nitrogens with zero attached hydrogens (tertiary/aromatic N) is 4. The molecule has 0 radical (unpaired) electrons. The van der Waals surface area contributed by atoms with E-state index in [4.69, 9.17) is 14.6 Å². The van der Waals surface area contributed by atoms with E-state index in [0.29, 0.717) is 42.6 Å². The van der Waals surface area contributed by atoms with Gasteiger partial charge in [-0.05, 0) is 60.7 Å². The van der Waals surface area contributed by atoms with Gasteiger partial charge in [0.05, 0.1) is 13.1 Å². The van der Waals surface area contributed by atoms with E-state index in [1.54, 1.807) is 30.5 Å². The molecule has 0 saturated carbocycles. The highest BCUT2D eigenvalue weighted by Crippen LogP contribution is 2.34. The molecule has 0 atom stereocenters. The molecular formula is C25H26F3N5O3. The molecule has 0 bridgehead atoms. The zero-order valence-electron chi connectivity index (χ0n) is 19.5. The molecule has 0 aliphatic carbocycles. The fraction of sp³-hybridized carbons (Fsp3) is 0.360. The fourth-order valence-electron chi connectivity index (χ4n) is 4.21. The van der Waals surface area contributed by atoms with E-state index in [1.165, 1.54) is 31.4 Å². The number of halogens is 3. The number of piperidine rings is 1. The van der Waals surface area contributed by atoms with Gasteiger partial charge < -0.3 is 19.2 Å². The third-order valence-corrected chi connectivity index (χ3v) is 5.97. The summed E-state index contributed by atoms with van der Waals surface area (Å²) in [5.41, 5.74) is 4.41. The molecule has 8 nitrogen and oxygen atoms in total. The monoisotopic (exact) mass is 501 g/mol. The lowest BCUT2D eigenvalue weighted by Gasteiger charge is -2.28. The highest BCUT2D eigenvalue weighted by molar-refractivity contribution is 5.67. The van der Waals surface area contributed by atoms with Crippen molar-refractivity contribution in [2.24, 2.45) is 0 Å². The SMILES string of the molecule is FC(F)(F)Oc1ccc(-c2ccc3c(c2)ONN(Cc2nccc(N4CCCCC4)n2)CCO3)cc1. The second-order valence-electron chi connectivity index (χ2n) is 8.58. The number of benzene rings is 2. The summed E-state index contributed by atoms with van der Waals surface area (Å²) in [5, 5.41) is 1.83. The third-order valence-electron chi connectivity index (χ3n) is 5.97. The van der Waals surface area contributed by atoms with Gasteiger partial charge in [0.15, 0.2) is 11.5 Å². The summed E-state index contributed by atoms with van der Waals surface area (Å²) in [7, 11) is 0. The Labute approximate surface area is 206 Å². The van der Waals surface area contributed by atoms with Crippen LogP contribution in [-0.4, -0.2) is 47.6 Å². The van der Waals surface area contributed by atoms with Crippen molar-refractivity contribution in [2.75, 3.05) is 31.1 Å². The van der Waals surface area contributed by atoms with Gasteiger partial charge in [-0.3, -0.25) is 0 Å². The summed E-state index contributed by atoms with van der Waals surface area (Å²) >= 11 is 0. The van der Waals surface area contributed by atoms with Gasteiger partial charge >= 0.3 is 6.36 Å². The molecule has 190 valence electrons. The number of rotatable bonds is 5.